The molecule has 0 atom stereocenters. The number of rotatable bonds is 3. The third kappa shape index (κ3) is 2.79. The third-order valence-electron chi connectivity index (χ3n) is 2.24. The number of ether oxygens (including phenoxy) is 1. The Morgan fingerprint density at radius 3 is 2.74 bits per heavy atom. The summed E-state index contributed by atoms with van der Waals surface area (Å²) in [5.74, 6) is 0.266. The van der Waals surface area contributed by atoms with Gasteiger partial charge in [-0.1, -0.05) is 12.1 Å². The third-order valence-corrected chi connectivity index (χ3v) is 3.13. The minimum atomic E-state index is -0.670. The van der Waals surface area contributed by atoms with Crippen molar-refractivity contribution in [1.82, 2.24) is 4.98 Å². The van der Waals surface area contributed by atoms with Gasteiger partial charge in [0.25, 0.3) is 0 Å². The van der Waals surface area contributed by atoms with Crippen LogP contribution in [0.15, 0.2) is 36.5 Å². The molecule has 0 radical (unpaired) electrons. The molecule has 2 aromatic rings. The molecule has 2 rings (SSSR count). The van der Waals surface area contributed by atoms with Gasteiger partial charge in [0, 0.05) is 6.20 Å². The molecule has 0 amide bonds. The van der Waals surface area contributed by atoms with Crippen molar-refractivity contribution in [2.45, 2.75) is 0 Å². The molecule has 7 heteroatoms. The van der Waals surface area contributed by atoms with E-state index in [1.165, 1.54) is 12.3 Å². The predicted octanol–water partition coefficient (Wildman–Crippen LogP) is 3.26. The fourth-order valence-electron chi connectivity index (χ4n) is 1.41. The Bertz CT molecular complexity index is 682. The van der Waals surface area contributed by atoms with Crippen molar-refractivity contribution < 1.29 is 9.66 Å². The molecule has 19 heavy (non-hydrogen) atoms. The molecule has 0 unspecified atom stereocenters. The van der Waals surface area contributed by atoms with E-state index in [4.69, 9.17) is 10.00 Å². The van der Waals surface area contributed by atoms with Gasteiger partial charge in [0.1, 0.15) is 17.4 Å². The SMILES string of the molecule is N#Cc1ccnc(Oc2ccccc2I)c1[N+](=O)[O-]. The topological polar surface area (TPSA) is 89.0 Å². The molecule has 94 valence electrons. The highest BCUT2D eigenvalue weighted by Gasteiger charge is 2.23. The van der Waals surface area contributed by atoms with Crippen LogP contribution in [0.5, 0.6) is 11.6 Å². The summed E-state index contributed by atoms with van der Waals surface area (Å²) < 4.78 is 6.22. The molecular weight excluding hydrogens is 361 g/mol. The summed E-state index contributed by atoms with van der Waals surface area (Å²) in [6.07, 6.45) is 1.30. The molecule has 1 heterocycles. The van der Waals surface area contributed by atoms with Gasteiger partial charge in [-0.3, -0.25) is 10.1 Å². The lowest BCUT2D eigenvalue weighted by atomic mass is 10.2. The van der Waals surface area contributed by atoms with Gasteiger partial charge < -0.3 is 4.74 Å². The van der Waals surface area contributed by atoms with Gasteiger partial charge in [0.2, 0.25) is 0 Å². The van der Waals surface area contributed by atoms with Gasteiger partial charge in [-0.05, 0) is 40.8 Å². The lowest BCUT2D eigenvalue weighted by Gasteiger charge is -2.07. The first-order chi connectivity index (χ1) is 9.13. The van der Waals surface area contributed by atoms with Crippen LogP contribution in [0.25, 0.3) is 0 Å². The molecule has 0 N–H and O–H groups in total. The summed E-state index contributed by atoms with van der Waals surface area (Å²) in [7, 11) is 0. The zero-order valence-corrected chi connectivity index (χ0v) is 11.6. The van der Waals surface area contributed by atoms with E-state index in [0.29, 0.717) is 5.75 Å². The maximum Gasteiger partial charge on any atom is 0.348 e. The van der Waals surface area contributed by atoms with Crippen LogP contribution in [-0.2, 0) is 0 Å². The summed E-state index contributed by atoms with van der Waals surface area (Å²) in [5.41, 5.74) is -0.509. The summed E-state index contributed by atoms with van der Waals surface area (Å²) in [4.78, 5) is 14.2. The normalized spacial score (nSPS) is 9.68. The fourth-order valence-corrected chi connectivity index (χ4v) is 1.91. The first-order valence-electron chi connectivity index (χ1n) is 5.09. The Morgan fingerprint density at radius 1 is 1.37 bits per heavy atom. The molecule has 1 aromatic carbocycles. The van der Waals surface area contributed by atoms with Crippen LogP contribution in [0.4, 0.5) is 5.69 Å². The molecule has 0 aliphatic rings. The van der Waals surface area contributed by atoms with Crippen molar-refractivity contribution in [3.63, 3.8) is 0 Å². The standard InChI is InChI=1S/C12H6IN3O3/c13-9-3-1-2-4-10(9)19-12-11(16(17)18)8(7-14)5-6-15-12/h1-6H. The van der Waals surface area contributed by atoms with Crippen LogP contribution in [-0.4, -0.2) is 9.91 Å². The van der Waals surface area contributed by atoms with Crippen molar-refractivity contribution in [3.8, 4) is 17.7 Å². The van der Waals surface area contributed by atoms with Crippen LogP contribution in [0, 0.1) is 25.0 Å². The number of benzene rings is 1. The van der Waals surface area contributed by atoms with Crippen molar-refractivity contribution in [2.24, 2.45) is 0 Å². The number of para-hydroxylation sites is 1. The lowest BCUT2D eigenvalue weighted by Crippen LogP contribution is -1.99. The summed E-state index contributed by atoms with van der Waals surface area (Å²) in [6, 6.07) is 10.1. The number of nitro groups is 1. The molecule has 0 spiro atoms. The minimum absolute atomic E-state index is 0.0825. The second kappa shape index (κ2) is 5.62. The first-order valence-corrected chi connectivity index (χ1v) is 6.17. The molecule has 6 nitrogen and oxygen atoms in total. The molecule has 1 aromatic heterocycles. The largest absolute Gasteiger partial charge is 0.433 e. The van der Waals surface area contributed by atoms with E-state index in [1.54, 1.807) is 24.3 Å². The number of hydrogen-bond donors (Lipinski definition) is 0. The van der Waals surface area contributed by atoms with Crippen LogP contribution in [0.2, 0.25) is 0 Å². The van der Waals surface area contributed by atoms with E-state index in [-0.39, 0.29) is 11.4 Å². The van der Waals surface area contributed by atoms with Crippen molar-refractivity contribution in [2.75, 3.05) is 0 Å². The Labute approximate surface area is 121 Å². The van der Waals surface area contributed by atoms with Crippen molar-refractivity contribution >= 4 is 28.3 Å². The van der Waals surface area contributed by atoms with Crippen molar-refractivity contribution in [1.29, 1.82) is 5.26 Å². The number of pyridine rings is 1. The van der Waals surface area contributed by atoms with E-state index in [0.717, 1.165) is 3.57 Å². The maximum atomic E-state index is 11.0. The molecule has 0 saturated heterocycles. The van der Waals surface area contributed by atoms with Crippen LogP contribution in [0.3, 0.4) is 0 Å². The second-order valence-corrected chi connectivity index (χ2v) is 4.58. The zero-order chi connectivity index (χ0) is 13.8. The number of aromatic nitrogens is 1. The molecule has 0 aliphatic carbocycles. The van der Waals surface area contributed by atoms with Gasteiger partial charge in [0.05, 0.1) is 8.49 Å². The average Bonchev–Trinajstić information content (AvgIpc) is 2.40. The number of nitrogens with zero attached hydrogens (tertiary/aromatic N) is 3. The van der Waals surface area contributed by atoms with Crippen molar-refractivity contribution in [3.05, 3.63) is 55.8 Å². The second-order valence-electron chi connectivity index (χ2n) is 3.41. The Balaban J connectivity index is 2.50. The van der Waals surface area contributed by atoms with E-state index in [1.807, 2.05) is 28.7 Å². The van der Waals surface area contributed by atoms with Crippen LogP contribution in [0.1, 0.15) is 5.56 Å². The van der Waals surface area contributed by atoms with E-state index < -0.39 is 10.6 Å². The van der Waals surface area contributed by atoms with Gasteiger partial charge >= 0.3 is 11.6 Å². The number of halogens is 1. The van der Waals surface area contributed by atoms with Gasteiger partial charge in [-0.15, -0.1) is 0 Å². The molecule has 0 aliphatic heterocycles. The van der Waals surface area contributed by atoms with Gasteiger partial charge in [-0.2, -0.15) is 5.26 Å². The van der Waals surface area contributed by atoms with Gasteiger partial charge in [0.15, 0.2) is 0 Å². The predicted molar refractivity (Wildman–Crippen MR) is 74.8 cm³/mol. The van der Waals surface area contributed by atoms with E-state index in [2.05, 4.69) is 4.98 Å². The number of hydrogen-bond acceptors (Lipinski definition) is 5. The fraction of sp³-hybridized carbons (Fsp3) is 0. The maximum absolute atomic E-state index is 11.0. The summed E-state index contributed by atoms with van der Waals surface area (Å²) >= 11 is 2.05. The highest BCUT2D eigenvalue weighted by Crippen LogP contribution is 2.33. The van der Waals surface area contributed by atoms with E-state index in [9.17, 15) is 10.1 Å². The average molecular weight is 367 g/mol. The zero-order valence-electron chi connectivity index (χ0n) is 9.41. The monoisotopic (exact) mass is 367 g/mol. The molecule has 0 bridgehead atoms. The smallest absolute Gasteiger partial charge is 0.348 e. The highest BCUT2D eigenvalue weighted by molar-refractivity contribution is 14.1. The van der Waals surface area contributed by atoms with Crippen LogP contribution < -0.4 is 4.74 Å². The summed E-state index contributed by atoms with van der Waals surface area (Å²) in [5, 5.41) is 19.9. The van der Waals surface area contributed by atoms with Crippen LogP contribution >= 0.6 is 22.6 Å². The van der Waals surface area contributed by atoms with E-state index >= 15 is 0 Å². The van der Waals surface area contributed by atoms with Gasteiger partial charge in [-0.25, -0.2) is 4.98 Å². The Kier molecular flexibility index (Phi) is 3.91. The first kappa shape index (κ1) is 13.2. The Hall–Kier alpha value is -2.21. The highest BCUT2D eigenvalue weighted by atomic mass is 127. The minimum Gasteiger partial charge on any atom is -0.433 e. The quantitative estimate of drug-likeness (QED) is 0.472. The lowest BCUT2D eigenvalue weighted by molar-refractivity contribution is -0.386. The number of nitriles is 1. The summed E-state index contributed by atoms with van der Waals surface area (Å²) in [6.45, 7) is 0. The molecular formula is C12H6IN3O3. The molecule has 0 fully saturated rings. The Morgan fingerprint density at radius 2 is 2.11 bits per heavy atom. The molecule has 0 saturated carbocycles.